The first-order chi connectivity index (χ1) is 10.9. The number of carbonyl (C=O) groups excluding carboxylic acids is 1. The van der Waals surface area contributed by atoms with Crippen molar-refractivity contribution >= 4 is 39.9 Å². The highest BCUT2D eigenvalue weighted by Gasteiger charge is 2.14. The number of fused-ring (bicyclic) bond motifs is 1. The van der Waals surface area contributed by atoms with Crippen LogP contribution >= 0.6 is 22.9 Å². The van der Waals surface area contributed by atoms with E-state index in [1.807, 2.05) is 10.8 Å². The van der Waals surface area contributed by atoms with Gasteiger partial charge in [-0.3, -0.25) is 9.78 Å². The van der Waals surface area contributed by atoms with Gasteiger partial charge in [0.2, 0.25) is 5.91 Å². The van der Waals surface area contributed by atoms with Gasteiger partial charge in [0.25, 0.3) is 0 Å². The van der Waals surface area contributed by atoms with Gasteiger partial charge >= 0.3 is 0 Å². The predicted octanol–water partition coefficient (Wildman–Crippen LogP) is 4.12. The second-order valence-corrected chi connectivity index (χ2v) is 7.68. The van der Waals surface area contributed by atoms with Gasteiger partial charge in [-0.15, -0.1) is 11.3 Å². The molecule has 0 atom stereocenters. The maximum Gasteiger partial charge on any atom is 0.241 e. The van der Waals surface area contributed by atoms with Crippen LogP contribution < -0.4 is 0 Å². The van der Waals surface area contributed by atoms with Gasteiger partial charge in [-0.05, 0) is 31.5 Å². The molecule has 0 unspecified atom stereocenters. The van der Waals surface area contributed by atoms with Gasteiger partial charge in [-0.2, -0.15) is 0 Å². The highest BCUT2D eigenvalue weighted by molar-refractivity contribution is 7.12. The van der Waals surface area contributed by atoms with Gasteiger partial charge in [0, 0.05) is 41.8 Å². The minimum Gasteiger partial charge on any atom is -0.347 e. The van der Waals surface area contributed by atoms with Gasteiger partial charge < -0.3 is 9.47 Å². The zero-order valence-corrected chi connectivity index (χ0v) is 15.1. The largest absolute Gasteiger partial charge is 0.347 e. The van der Waals surface area contributed by atoms with Crippen molar-refractivity contribution in [2.75, 3.05) is 14.1 Å². The van der Waals surface area contributed by atoms with Gasteiger partial charge in [-0.1, -0.05) is 11.6 Å². The molecule has 23 heavy (non-hydrogen) atoms. The molecule has 0 aliphatic heterocycles. The number of carbonyl (C=O) groups is 1. The summed E-state index contributed by atoms with van der Waals surface area (Å²) >= 11 is 8.04. The Kier molecular flexibility index (Phi) is 4.17. The highest BCUT2D eigenvalue weighted by atomic mass is 35.5. The van der Waals surface area contributed by atoms with E-state index in [4.69, 9.17) is 11.6 Å². The number of aryl methyl sites for hydroxylation is 2. The number of pyridine rings is 1. The number of hydrogen-bond acceptors (Lipinski definition) is 3. The molecule has 3 aromatic rings. The Labute approximate surface area is 144 Å². The van der Waals surface area contributed by atoms with Gasteiger partial charge in [0.15, 0.2) is 0 Å². The fraction of sp³-hybridized carbons (Fsp3) is 0.294. The van der Waals surface area contributed by atoms with E-state index < -0.39 is 0 Å². The topological polar surface area (TPSA) is 38.1 Å². The van der Waals surface area contributed by atoms with Crippen molar-refractivity contribution in [1.29, 1.82) is 0 Å². The summed E-state index contributed by atoms with van der Waals surface area (Å²) in [6.45, 7) is 4.46. The fourth-order valence-electron chi connectivity index (χ4n) is 2.61. The lowest BCUT2D eigenvalue weighted by Crippen LogP contribution is -2.25. The summed E-state index contributed by atoms with van der Waals surface area (Å²) in [4.78, 5) is 20.6. The number of likely N-dealkylation sites (N-methyl/N-ethyl adjacent to an activating group) is 1. The molecule has 0 bridgehead atoms. The summed E-state index contributed by atoms with van der Waals surface area (Å²) < 4.78 is 1.87. The second-order valence-electron chi connectivity index (χ2n) is 5.81. The number of aromatic nitrogens is 2. The Hall–Kier alpha value is -1.85. The van der Waals surface area contributed by atoms with E-state index in [0.717, 1.165) is 16.6 Å². The van der Waals surface area contributed by atoms with E-state index in [9.17, 15) is 4.79 Å². The van der Waals surface area contributed by atoms with E-state index in [-0.39, 0.29) is 12.5 Å². The molecule has 0 saturated heterocycles. The monoisotopic (exact) mass is 347 g/mol. The first-order valence-corrected chi connectivity index (χ1v) is 8.48. The molecule has 0 spiro atoms. The van der Waals surface area contributed by atoms with E-state index >= 15 is 0 Å². The third-order valence-electron chi connectivity index (χ3n) is 3.83. The second kappa shape index (κ2) is 5.98. The van der Waals surface area contributed by atoms with Crippen molar-refractivity contribution < 1.29 is 4.79 Å². The van der Waals surface area contributed by atoms with E-state index in [1.165, 1.54) is 15.3 Å². The molecule has 0 aliphatic carbocycles. The van der Waals surface area contributed by atoms with Crippen molar-refractivity contribution in [3.8, 4) is 11.1 Å². The standard InChI is InChI=1S/C17H18ClN3OS/c1-10-5-13(11(2)23-10)12-6-15-17(19-7-12)14(18)8-21(15)9-16(22)20(3)4/h5-8H,9H2,1-4H3. The SMILES string of the molecule is Cc1cc(-c2cnc3c(Cl)cn(CC(=O)N(C)C)c3c2)c(C)s1. The average Bonchev–Trinajstić information content (AvgIpc) is 2.98. The van der Waals surface area contributed by atoms with E-state index in [1.54, 1.807) is 36.5 Å². The number of hydrogen-bond donors (Lipinski definition) is 0. The Morgan fingerprint density at radius 3 is 2.70 bits per heavy atom. The van der Waals surface area contributed by atoms with Crippen LogP contribution in [0, 0.1) is 13.8 Å². The Morgan fingerprint density at radius 2 is 2.09 bits per heavy atom. The van der Waals surface area contributed by atoms with Crippen LogP contribution in [0.15, 0.2) is 24.5 Å². The van der Waals surface area contributed by atoms with Crippen LogP contribution in [0.25, 0.3) is 22.2 Å². The number of thiophene rings is 1. The van der Waals surface area contributed by atoms with Gasteiger partial charge in [0.05, 0.1) is 10.5 Å². The normalized spacial score (nSPS) is 11.2. The first-order valence-electron chi connectivity index (χ1n) is 7.28. The molecule has 0 radical (unpaired) electrons. The number of nitrogens with zero attached hydrogens (tertiary/aromatic N) is 3. The Balaban J connectivity index is 2.11. The van der Waals surface area contributed by atoms with Crippen LogP contribution in [-0.4, -0.2) is 34.5 Å². The van der Waals surface area contributed by atoms with Crippen molar-refractivity contribution in [2.24, 2.45) is 0 Å². The summed E-state index contributed by atoms with van der Waals surface area (Å²) in [5.41, 5.74) is 3.84. The summed E-state index contributed by atoms with van der Waals surface area (Å²) in [6, 6.07) is 4.23. The Morgan fingerprint density at radius 1 is 1.35 bits per heavy atom. The van der Waals surface area contributed by atoms with Crippen LogP contribution in [0.5, 0.6) is 0 Å². The van der Waals surface area contributed by atoms with Crippen LogP contribution in [0.1, 0.15) is 9.75 Å². The molecule has 0 N–H and O–H groups in total. The lowest BCUT2D eigenvalue weighted by molar-refractivity contribution is -0.129. The molecule has 0 aliphatic rings. The molecule has 1 amide bonds. The molecule has 0 saturated carbocycles. The van der Waals surface area contributed by atoms with Gasteiger partial charge in [-0.25, -0.2) is 0 Å². The molecule has 4 nitrogen and oxygen atoms in total. The quantitative estimate of drug-likeness (QED) is 0.714. The highest BCUT2D eigenvalue weighted by Crippen LogP contribution is 2.33. The zero-order chi connectivity index (χ0) is 16.7. The smallest absolute Gasteiger partial charge is 0.241 e. The molecule has 3 heterocycles. The third kappa shape index (κ3) is 2.99. The number of halogens is 1. The Bertz CT molecular complexity index is 895. The van der Waals surface area contributed by atoms with Crippen molar-refractivity contribution in [1.82, 2.24) is 14.5 Å². The van der Waals surface area contributed by atoms with Crippen molar-refractivity contribution in [2.45, 2.75) is 20.4 Å². The van der Waals surface area contributed by atoms with Crippen molar-refractivity contribution in [3.63, 3.8) is 0 Å². The maximum atomic E-state index is 12.0. The van der Waals surface area contributed by atoms with E-state index in [0.29, 0.717) is 5.02 Å². The zero-order valence-electron chi connectivity index (χ0n) is 13.6. The number of rotatable bonds is 3. The van der Waals surface area contributed by atoms with Crippen LogP contribution in [0.4, 0.5) is 0 Å². The minimum absolute atomic E-state index is 0.0199. The molecule has 0 aromatic carbocycles. The molecule has 3 aromatic heterocycles. The van der Waals surface area contributed by atoms with Crippen LogP contribution in [0.3, 0.4) is 0 Å². The third-order valence-corrected chi connectivity index (χ3v) is 5.07. The van der Waals surface area contributed by atoms with Crippen LogP contribution in [0.2, 0.25) is 5.02 Å². The average molecular weight is 348 g/mol. The van der Waals surface area contributed by atoms with E-state index in [2.05, 4.69) is 31.0 Å². The molecular weight excluding hydrogens is 330 g/mol. The molecule has 0 fully saturated rings. The summed E-state index contributed by atoms with van der Waals surface area (Å²) in [6.07, 6.45) is 3.62. The number of amides is 1. The predicted molar refractivity (Wildman–Crippen MR) is 96.2 cm³/mol. The molecule has 3 rings (SSSR count). The lowest BCUT2D eigenvalue weighted by Gasteiger charge is -2.11. The van der Waals surface area contributed by atoms with Crippen molar-refractivity contribution in [3.05, 3.63) is 39.3 Å². The summed E-state index contributed by atoms with van der Waals surface area (Å²) in [5, 5.41) is 0.566. The maximum absolute atomic E-state index is 12.0. The molecule has 120 valence electrons. The summed E-state index contributed by atoms with van der Waals surface area (Å²) in [7, 11) is 3.49. The molecular formula is C17H18ClN3OS. The minimum atomic E-state index is 0.0199. The molecule has 6 heteroatoms. The van der Waals surface area contributed by atoms with Crippen LogP contribution in [-0.2, 0) is 11.3 Å². The summed E-state index contributed by atoms with van der Waals surface area (Å²) in [5.74, 6) is 0.0199. The fourth-order valence-corrected chi connectivity index (χ4v) is 3.82. The lowest BCUT2D eigenvalue weighted by atomic mass is 10.1. The first kappa shape index (κ1) is 16.0. The van der Waals surface area contributed by atoms with Gasteiger partial charge in [0.1, 0.15) is 12.1 Å².